The number of hydrogen-bond donors (Lipinski definition) is 1. The molecule has 0 saturated carbocycles. The van der Waals surface area contributed by atoms with E-state index in [0.29, 0.717) is 0 Å². The van der Waals surface area contributed by atoms with Crippen LogP contribution in [-0.4, -0.2) is 31.7 Å². The lowest BCUT2D eigenvalue weighted by atomic mass is 10.1. The molecule has 0 saturated heterocycles. The lowest BCUT2D eigenvalue weighted by Gasteiger charge is -2.09. The average molecular weight is 301 g/mol. The largest absolute Gasteiger partial charge is 0.270 e. The van der Waals surface area contributed by atoms with Crippen LogP contribution in [0.1, 0.15) is 20.7 Å². The Labute approximate surface area is 114 Å². The molecule has 1 aromatic carbocycles. The van der Waals surface area contributed by atoms with Crippen LogP contribution in [0.25, 0.3) is 0 Å². The molecule has 19 heavy (non-hydrogen) atoms. The van der Waals surface area contributed by atoms with Crippen molar-refractivity contribution >= 4 is 33.4 Å². The van der Waals surface area contributed by atoms with Crippen molar-refractivity contribution in [3.8, 4) is 0 Å². The molecule has 0 spiro atoms. The minimum Gasteiger partial charge on any atom is -0.270 e. The number of primary sulfonamides is 1. The molecule has 1 aromatic rings. The smallest absolute Gasteiger partial charge is 0.261 e. The number of benzene rings is 1. The summed E-state index contributed by atoms with van der Waals surface area (Å²) in [6.07, 6.45) is 1.39. The van der Waals surface area contributed by atoms with Crippen molar-refractivity contribution in [2.24, 2.45) is 5.14 Å². The van der Waals surface area contributed by atoms with Crippen molar-refractivity contribution < 1.29 is 18.0 Å². The minimum atomic E-state index is -4.06. The predicted molar refractivity (Wildman–Crippen MR) is 68.4 cm³/mol. The Kier molecular flexibility index (Phi) is 3.21. The van der Waals surface area contributed by atoms with Crippen LogP contribution in [0.15, 0.2) is 29.7 Å². The summed E-state index contributed by atoms with van der Waals surface area (Å²) in [5.41, 5.74) is 0.0320. The van der Waals surface area contributed by atoms with Crippen molar-refractivity contribution in [1.29, 1.82) is 0 Å². The van der Waals surface area contributed by atoms with Gasteiger partial charge >= 0.3 is 0 Å². The van der Waals surface area contributed by atoms with Gasteiger partial charge in [0.25, 0.3) is 11.8 Å². The molecule has 0 radical (unpaired) electrons. The van der Waals surface area contributed by atoms with Crippen molar-refractivity contribution in [2.75, 3.05) is 6.54 Å². The van der Waals surface area contributed by atoms with Crippen LogP contribution in [-0.2, 0) is 10.0 Å². The number of carbonyl (C=O) groups is 2. The maximum absolute atomic E-state index is 12.0. The second-order valence-corrected chi connectivity index (χ2v) is 5.82. The molecule has 0 aliphatic carbocycles. The molecule has 1 heterocycles. The summed E-state index contributed by atoms with van der Waals surface area (Å²) < 4.78 is 22.6. The van der Waals surface area contributed by atoms with Gasteiger partial charge in [-0.1, -0.05) is 17.7 Å². The highest BCUT2D eigenvalue weighted by atomic mass is 35.5. The topological polar surface area (TPSA) is 97.5 Å². The zero-order valence-electron chi connectivity index (χ0n) is 9.59. The zero-order valence-corrected chi connectivity index (χ0v) is 11.2. The van der Waals surface area contributed by atoms with E-state index in [1.165, 1.54) is 6.08 Å². The van der Waals surface area contributed by atoms with E-state index in [2.05, 4.69) is 6.58 Å². The maximum atomic E-state index is 12.0. The van der Waals surface area contributed by atoms with Crippen LogP contribution in [0.3, 0.4) is 0 Å². The second kappa shape index (κ2) is 4.44. The van der Waals surface area contributed by atoms with Gasteiger partial charge in [-0.2, -0.15) is 0 Å². The highest BCUT2D eigenvalue weighted by molar-refractivity contribution is 7.89. The number of carbonyl (C=O) groups excluding carboxylic acids is 2. The van der Waals surface area contributed by atoms with Gasteiger partial charge in [-0.3, -0.25) is 14.5 Å². The molecule has 0 fully saturated rings. The summed E-state index contributed by atoms with van der Waals surface area (Å²) in [6.45, 7) is 3.48. The van der Waals surface area contributed by atoms with Gasteiger partial charge in [0.2, 0.25) is 10.0 Å². The molecule has 0 aromatic heterocycles. The monoisotopic (exact) mass is 300 g/mol. The van der Waals surface area contributed by atoms with Gasteiger partial charge in [0.1, 0.15) is 4.90 Å². The first-order chi connectivity index (χ1) is 8.77. The molecular weight excluding hydrogens is 292 g/mol. The Hall–Kier alpha value is -1.70. The fraction of sp³-hybridized carbons (Fsp3) is 0.0909. The normalized spacial score (nSPS) is 14.7. The molecule has 1 aliphatic heterocycles. The fourth-order valence-corrected chi connectivity index (χ4v) is 2.90. The third kappa shape index (κ3) is 2.16. The van der Waals surface area contributed by atoms with Gasteiger partial charge in [-0.15, -0.1) is 6.58 Å². The van der Waals surface area contributed by atoms with E-state index < -0.39 is 21.8 Å². The summed E-state index contributed by atoms with van der Waals surface area (Å²) in [5, 5.41) is 4.80. The number of amides is 2. The minimum absolute atomic E-state index is 0.0275. The van der Waals surface area contributed by atoms with Gasteiger partial charge in [-0.05, 0) is 12.1 Å². The Morgan fingerprint density at radius 1 is 1.26 bits per heavy atom. The van der Waals surface area contributed by atoms with Crippen LogP contribution in [0.2, 0.25) is 5.02 Å². The van der Waals surface area contributed by atoms with Crippen molar-refractivity contribution in [1.82, 2.24) is 4.90 Å². The molecule has 0 bridgehead atoms. The van der Waals surface area contributed by atoms with E-state index in [9.17, 15) is 18.0 Å². The number of sulfonamides is 1. The van der Waals surface area contributed by atoms with Crippen LogP contribution in [0, 0.1) is 0 Å². The predicted octanol–water partition coefficient (Wildman–Crippen LogP) is 0.769. The SMILES string of the molecule is C=CCN1C(=O)c2cc(Cl)c(S(N)(=O)=O)cc2C1=O. The molecule has 2 amide bonds. The maximum Gasteiger partial charge on any atom is 0.261 e. The molecular formula is C11H9ClN2O4S. The zero-order chi connectivity index (χ0) is 14.4. The molecule has 2 N–H and O–H groups in total. The van der Waals surface area contributed by atoms with Crippen LogP contribution >= 0.6 is 11.6 Å². The van der Waals surface area contributed by atoms with E-state index in [0.717, 1.165) is 17.0 Å². The van der Waals surface area contributed by atoms with Crippen LogP contribution in [0.5, 0.6) is 0 Å². The van der Waals surface area contributed by atoms with E-state index in [1.54, 1.807) is 0 Å². The third-order valence-electron chi connectivity index (χ3n) is 2.64. The van der Waals surface area contributed by atoms with E-state index >= 15 is 0 Å². The number of nitrogens with zero attached hydrogens (tertiary/aromatic N) is 1. The molecule has 0 atom stereocenters. The second-order valence-electron chi connectivity index (χ2n) is 3.88. The number of rotatable bonds is 3. The first-order valence-corrected chi connectivity index (χ1v) is 7.03. The summed E-state index contributed by atoms with van der Waals surface area (Å²) in [7, 11) is -4.06. The van der Waals surface area contributed by atoms with Gasteiger partial charge < -0.3 is 0 Å². The molecule has 1 aliphatic rings. The van der Waals surface area contributed by atoms with E-state index in [4.69, 9.17) is 16.7 Å². The first kappa shape index (κ1) is 13.7. The van der Waals surface area contributed by atoms with Crippen LogP contribution < -0.4 is 5.14 Å². The van der Waals surface area contributed by atoms with Crippen molar-refractivity contribution in [3.05, 3.63) is 40.9 Å². The van der Waals surface area contributed by atoms with Gasteiger partial charge in [0.15, 0.2) is 0 Å². The highest BCUT2D eigenvalue weighted by Gasteiger charge is 2.36. The number of imide groups is 1. The molecule has 6 nitrogen and oxygen atoms in total. The molecule has 0 unspecified atom stereocenters. The average Bonchev–Trinajstić information content (AvgIpc) is 2.52. The number of halogens is 1. The Bertz CT molecular complexity index is 712. The van der Waals surface area contributed by atoms with E-state index in [1.807, 2.05) is 0 Å². The highest BCUT2D eigenvalue weighted by Crippen LogP contribution is 2.30. The molecule has 100 valence electrons. The third-order valence-corrected chi connectivity index (χ3v) is 4.02. The summed E-state index contributed by atoms with van der Waals surface area (Å²) >= 11 is 5.77. The Morgan fingerprint density at radius 3 is 2.26 bits per heavy atom. The van der Waals surface area contributed by atoms with Crippen molar-refractivity contribution in [3.63, 3.8) is 0 Å². The first-order valence-electron chi connectivity index (χ1n) is 5.11. The fourth-order valence-electron chi connectivity index (χ4n) is 1.80. The van der Waals surface area contributed by atoms with Gasteiger partial charge in [0, 0.05) is 6.54 Å². The number of hydrogen-bond acceptors (Lipinski definition) is 4. The van der Waals surface area contributed by atoms with E-state index in [-0.39, 0.29) is 27.6 Å². The summed E-state index contributed by atoms with van der Waals surface area (Å²) in [4.78, 5) is 24.5. The van der Waals surface area contributed by atoms with Gasteiger partial charge in [-0.25, -0.2) is 13.6 Å². The lowest BCUT2D eigenvalue weighted by molar-refractivity contribution is 0.0672. The molecule has 2 rings (SSSR count). The van der Waals surface area contributed by atoms with Crippen molar-refractivity contribution in [2.45, 2.75) is 4.90 Å². The van der Waals surface area contributed by atoms with Crippen LogP contribution in [0.4, 0.5) is 0 Å². The lowest BCUT2D eigenvalue weighted by Crippen LogP contribution is -2.29. The summed E-state index contributed by atoms with van der Waals surface area (Å²) in [5.74, 6) is -1.13. The van der Waals surface area contributed by atoms with Gasteiger partial charge in [0.05, 0.1) is 16.1 Å². The summed E-state index contributed by atoms with van der Waals surface area (Å²) in [6, 6.07) is 2.16. The standard InChI is InChI=1S/C11H9ClN2O4S/c1-2-3-14-10(15)6-4-8(12)9(19(13,17)18)5-7(6)11(14)16/h2,4-5H,1,3H2,(H2,13,17,18). The number of fused-ring (bicyclic) bond motifs is 1. The molecule has 8 heteroatoms. The Balaban J connectivity index is 2.65. The Morgan fingerprint density at radius 2 is 1.79 bits per heavy atom. The number of nitrogens with two attached hydrogens (primary N) is 1. The quantitative estimate of drug-likeness (QED) is 0.658.